The van der Waals surface area contributed by atoms with Gasteiger partial charge in [0.25, 0.3) is 0 Å². The van der Waals surface area contributed by atoms with Gasteiger partial charge in [-0.2, -0.15) is 5.26 Å². The van der Waals surface area contributed by atoms with Crippen molar-refractivity contribution in [2.24, 2.45) is 23.7 Å². The molecular weight excluding hydrogens is 478 g/mol. The Kier molecular flexibility index (Phi) is 8.05. The lowest BCUT2D eigenvalue weighted by molar-refractivity contribution is -0.134. The maximum atomic E-state index is 13.3. The van der Waals surface area contributed by atoms with E-state index in [1.54, 1.807) is 17.8 Å². The number of hydrogen-bond donors (Lipinski definition) is 3. The van der Waals surface area contributed by atoms with Gasteiger partial charge in [-0.3, -0.25) is 19.3 Å². The molecule has 0 radical (unpaired) electrons. The summed E-state index contributed by atoms with van der Waals surface area (Å²) in [5.41, 5.74) is 0. The van der Waals surface area contributed by atoms with Crippen molar-refractivity contribution in [3.05, 3.63) is 18.2 Å². The molecule has 2 aliphatic carbocycles. The van der Waals surface area contributed by atoms with E-state index in [-0.39, 0.29) is 58.1 Å². The third-order valence-electron chi connectivity index (χ3n) is 7.27. The van der Waals surface area contributed by atoms with Gasteiger partial charge in [0.1, 0.15) is 11.6 Å². The number of nitriles is 1. The smallest absolute Gasteiger partial charge is 0.239 e. The van der Waals surface area contributed by atoms with Gasteiger partial charge in [-0.15, -0.1) is 11.8 Å². The zero-order valence-corrected chi connectivity index (χ0v) is 22.0. The fraction of sp³-hybridized carbons (Fsp3) is 0.640. The molecule has 1 aromatic rings. The maximum absolute atomic E-state index is 13.3. The van der Waals surface area contributed by atoms with Gasteiger partial charge in [0, 0.05) is 24.3 Å². The summed E-state index contributed by atoms with van der Waals surface area (Å²) >= 11 is 1.69. The van der Waals surface area contributed by atoms with Crippen molar-refractivity contribution in [2.45, 2.75) is 44.4 Å². The van der Waals surface area contributed by atoms with Gasteiger partial charge in [0.2, 0.25) is 17.7 Å². The molecule has 194 valence electrons. The Morgan fingerprint density at radius 2 is 1.92 bits per heavy atom. The number of anilines is 2. The Morgan fingerprint density at radius 1 is 1.19 bits per heavy atom. The van der Waals surface area contributed by atoms with Gasteiger partial charge in [0.15, 0.2) is 0 Å². The summed E-state index contributed by atoms with van der Waals surface area (Å²) in [6.07, 6.45) is 0. The van der Waals surface area contributed by atoms with E-state index in [0.29, 0.717) is 31.3 Å². The topological polar surface area (TPSA) is 130 Å². The summed E-state index contributed by atoms with van der Waals surface area (Å²) in [7, 11) is 0. The van der Waals surface area contributed by atoms with Crippen LogP contribution in [-0.2, 0) is 14.4 Å². The summed E-state index contributed by atoms with van der Waals surface area (Å²) in [5, 5.41) is 18.5. The minimum Gasteiger partial charge on any atom is -0.365 e. The van der Waals surface area contributed by atoms with Crippen LogP contribution in [0.25, 0.3) is 0 Å². The minimum absolute atomic E-state index is 0.0582. The second-order valence-electron chi connectivity index (χ2n) is 9.38. The highest BCUT2D eigenvalue weighted by Gasteiger charge is 2.68. The zero-order chi connectivity index (χ0) is 26.0. The predicted octanol–water partition coefficient (Wildman–Crippen LogP) is 1.58. The van der Waals surface area contributed by atoms with Crippen molar-refractivity contribution in [1.29, 1.82) is 5.26 Å². The normalized spacial score (nSPS) is 30.3. The van der Waals surface area contributed by atoms with Crippen LogP contribution in [-0.4, -0.2) is 81.9 Å². The summed E-state index contributed by atoms with van der Waals surface area (Å²) in [5.74, 6) is -0.146. The quantitative estimate of drug-likeness (QED) is 0.407. The molecule has 10 nitrogen and oxygen atoms in total. The molecule has 3 fully saturated rings. The molecule has 6 unspecified atom stereocenters. The van der Waals surface area contributed by atoms with E-state index in [1.165, 1.54) is 0 Å². The third-order valence-corrected chi connectivity index (χ3v) is 9.02. The molecule has 2 heterocycles. The molecular formula is C25H35N7O3S. The monoisotopic (exact) mass is 513 g/mol. The van der Waals surface area contributed by atoms with Crippen LogP contribution >= 0.6 is 11.8 Å². The number of nitrogens with zero attached hydrogens (tertiary/aromatic N) is 4. The molecule has 36 heavy (non-hydrogen) atoms. The van der Waals surface area contributed by atoms with Gasteiger partial charge < -0.3 is 20.9 Å². The maximum Gasteiger partial charge on any atom is 0.239 e. The van der Waals surface area contributed by atoms with E-state index in [4.69, 9.17) is 0 Å². The number of fused-ring (bicyclic) bond motifs is 1. The van der Waals surface area contributed by atoms with Crippen LogP contribution < -0.4 is 16.0 Å². The third kappa shape index (κ3) is 5.15. The fourth-order valence-electron chi connectivity index (χ4n) is 5.18. The first-order valence-electron chi connectivity index (χ1n) is 12.8. The first kappa shape index (κ1) is 26.2. The average molecular weight is 514 g/mol. The minimum atomic E-state index is -0.366. The number of carbonyl (C=O) groups is 3. The van der Waals surface area contributed by atoms with Crippen molar-refractivity contribution in [3.63, 3.8) is 0 Å². The molecule has 4 rings (SSSR count). The number of carbonyl (C=O) groups excluding carboxylic acids is 3. The average Bonchev–Trinajstić information content (AvgIpc) is 3.76. The second kappa shape index (κ2) is 11.0. The fourth-order valence-corrected chi connectivity index (χ4v) is 7.19. The molecule has 11 heteroatoms. The van der Waals surface area contributed by atoms with E-state index in [1.807, 2.05) is 49.6 Å². The molecule has 0 aromatic carbocycles. The number of thioether (sulfide) groups is 1. The summed E-state index contributed by atoms with van der Waals surface area (Å²) < 4.78 is 0. The highest BCUT2D eigenvalue weighted by molar-refractivity contribution is 8.01. The Labute approximate surface area is 216 Å². The van der Waals surface area contributed by atoms with Crippen LogP contribution in [0.2, 0.25) is 0 Å². The number of pyridine rings is 1. The van der Waals surface area contributed by atoms with Crippen molar-refractivity contribution < 1.29 is 14.4 Å². The largest absolute Gasteiger partial charge is 0.365 e. The first-order valence-corrected chi connectivity index (χ1v) is 13.7. The summed E-state index contributed by atoms with van der Waals surface area (Å²) in [4.78, 5) is 46.5. The first-order chi connectivity index (χ1) is 17.4. The SMILES string of the molecule is CCNC(=O)C1C(C#N)C1C1SC2C(C(=O)N1CC)[C@H]2Nc1cccc(NC(=O)CN(CC)CC)n1. The lowest BCUT2D eigenvalue weighted by Gasteiger charge is -2.34. The van der Waals surface area contributed by atoms with E-state index >= 15 is 0 Å². The molecule has 3 aliphatic rings. The standard InChI is InChI=1S/C25H35N7O3S/c1-5-27-23(34)18-14(12-26)19(18)25-32(8-4)24(35)20-21(22(20)36-25)30-16-11-9-10-15(28-16)29-17(33)13-31(6-2)7-3/h9-11,14,18-22,25H,5-8,13H2,1-4H3,(H,27,34)(H2,28,29,30,33)/t14?,18?,19?,20?,21-,22?,25?/m1/s1. The van der Waals surface area contributed by atoms with Crippen LogP contribution in [0.15, 0.2) is 18.2 Å². The number of nitrogens with one attached hydrogen (secondary N) is 3. The number of rotatable bonds is 11. The Morgan fingerprint density at radius 3 is 2.56 bits per heavy atom. The van der Waals surface area contributed by atoms with Crippen molar-refractivity contribution >= 4 is 41.1 Å². The number of amides is 3. The molecule has 0 spiro atoms. The van der Waals surface area contributed by atoms with Gasteiger partial charge >= 0.3 is 0 Å². The molecule has 3 N–H and O–H groups in total. The second-order valence-corrected chi connectivity index (χ2v) is 10.7. The number of likely N-dealkylation sites (N-methyl/N-ethyl adjacent to an activating group) is 1. The highest BCUT2D eigenvalue weighted by atomic mass is 32.2. The number of aromatic nitrogens is 1. The van der Waals surface area contributed by atoms with Crippen LogP contribution in [0.5, 0.6) is 0 Å². The van der Waals surface area contributed by atoms with Crippen molar-refractivity contribution in [1.82, 2.24) is 20.1 Å². The van der Waals surface area contributed by atoms with Gasteiger partial charge in [-0.25, -0.2) is 4.98 Å². The van der Waals surface area contributed by atoms with Gasteiger partial charge in [-0.1, -0.05) is 19.9 Å². The van der Waals surface area contributed by atoms with Crippen molar-refractivity contribution in [3.8, 4) is 6.07 Å². The molecule has 1 aromatic heterocycles. The summed E-state index contributed by atoms with van der Waals surface area (Å²) in [6.45, 7) is 10.8. The molecule has 7 atom stereocenters. The molecule has 3 amide bonds. The Hall–Kier alpha value is -2.84. The van der Waals surface area contributed by atoms with E-state index in [9.17, 15) is 19.6 Å². The van der Waals surface area contributed by atoms with E-state index in [2.05, 4.69) is 27.0 Å². The molecule has 1 saturated heterocycles. The van der Waals surface area contributed by atoms with Gasteiger partial charge in [-0.05, 0) is 39.1 Å². The Bertz CT molecular complexity index is 1040. The molecule has 1 aliphatic heterocycles. The van der Waals surface area contributed by atoms with Crippen LogP contribution in [0.3, 0.4) is 0 Å². The lowest BCUT2D eigenvalue weighted by Crippen LogP contribution is -2.45. The Balaban J connectivity index is 1.41. The number of hydrogen-bond acceptors (Lipinski definition) is 8. The van der Waals surface area contributed by atoms with Crippen LogP contribution in [0.1, 0.15) is 27.7 Å². The molecule has 2 saturated carbocycles. The molecule has 0 bridgehead atoms. The van der Waals surface area contributed by atoms with Crippen LogP contribution in [0, 0.1) is 35.0 Å². The lowest BCUT2D eigenvalue weighted by atomic mass is 10.2. The van der Waals surface area contributed by atoms with E-state index in [0.717, 1.165) is 13.1 Å². The predicted molar refractivity (Wildman–Crippen MR) is 139 cm³/mol. The van der Waals surface area contributed by atoms with E-state index < -0.39 is 0 Å². The van der Waals surface area contributed by atoms with Crippen molar-refractivity contribution in [2.75, 3.05) is 43.4 Å². The van der Waals surface area contributed by atoms with Gasteiger partial charge in [0.05, 0.1) is 41.8 Å². The summed E-state index contributed by atoms with van der Waals surface area (Å²) in [6, 6.07) is 7.59. The zero-order valence-electron chi connectivity index (χ0n) is 21.2. The highest BCUT2D eigenvalue weighted by Crippen LogP contribution is 2.60. The van der Waals surface area contributed by atoms with Crippen LogP contribution in [0.4, 0.5) is 11.6 Å².